The minimum atomic E-state index is 0.00475. The van der Waals surface area contributed by atoms with Crippen molar-refractivity contribution in [3.8, 4) is 0 Å². The molecular formula is C18H27N5O2. The highest BCUT2D eigenvalue weighted by atomic mass is 16.2. The molecule has 2 amide bonds. The van der Waals surface area contributed by atoms with Crippen LogP contribution < -0.4 is 5.32 Å². The molecular weight excluding hydrogens is 318 g/mol. The lowest BCUT2D eigenvalue weighted by molar-refractivity contribution is -0.131. The van der Waals surface area contributed by atoms with Crippen molar-refractivity contribution in [2.24, 2.45) is 7.05 Å². The fourth-order valence-electron chi connectivity index (χ4n) is 4.10. The minimum absolute atomic E-state index is 0.00475. The standard InChI is InChI=1S/C18H27N5O2/c1-21-8-7-15(18(21)25)23-9-5-13(6-10-23)19-17(24)14-11-22(2)20-16(14)12-3-4-12/h11-13,15H,3-10H2,1-2H3,(H,19,24). The molecule has 1 atom stereocenters. The molecule has 2 aliphatic heterocycles. The van der Waals surface area contributed by atoms with Gasteiger partial charge in [-0.05, 0) is 32.1 Å². The van der Waals surface area contributed by atoms with E-state index in [1.807, 2.05) is 25.2 Å². The Morgan fingerprint density at radius 2 is 1.84 bits per heavy atom. The number of nitrogens with one attached hydrogen (secondary N) is 1. The normalized spacial score (nSPS) is 25.6. The quantitative estimate of drug-likeness (QED) is 0.873. The van der Waals surface area contributed by atoms with E-state index in [0.29, 0.717) is 5.92 Å². The van der Waals surface area contributed by atoms with Gasteiger partial charge in [0.2, 0.25) is 5.91 Å². The van der Waals surface area contributed by atoms with E-state index in [1.54, 1.807) is 4.68 Å². The topological polar surface area (TPSA) is 70.5 Å². The Bertz CT molecular complexity index is 673. The van der Waals surface area contributed by atoms with Crippen molar-refractivity contribution < 1.29 is 9.59 Å². The summed E-state index contributed by atoms with van der Waals surface area (Å²) in [5, 5.41) is 7.66. The van der Waals surface area contributed by atoms with Crippen LogP contribution in [0.3, 0.4) is 0 Å². The van der Waals surface area contributed by atoms with Gasteiger partial charge in [-0.1, -0.05) is 0 Å². The molecule has 7 heteroatoms. The van der Waals surface area contributed by atoms with E-state index in [4.69, 9.17) is 0 Å². The predicted molar refractivity (Wildman–Crippen MR) is 93.3 cm³/mol. The first-order chi connectivity index (χ1) is 12.0. The van der Waals surface area contributed by atoms with Crippen LogP contribution >= 0.6 is 0 Å². The van der Waals surface area contributed by atoms with Crippen molar-refractivity contribution in [1.29, 1.82) is 0 Å². The molecule has 7 nitrogen and oxygen atoms in total. The smallest absolute Gasteiger partial charge is 0.254 e. The molecule has 136 valence electrons. The van der Waals surface area contributed by atoms with Gasteiger partial charge in [0.1, 0.15) is 0 Å². The Morgan fingerprint density at radius 3 is 2.44 bits per heavy atom. The van der Waals surface area contributed by atoms with Crippen LogP contribution in [-0.2, 0) is 11.8 Å². The van der Waals surface area contributed by atoms with Gasteiger partial charge in [0.15, 0.2) is 0 Å². The predicted octanol–water partition coefficient (Wildman–Crippen LogP) is 0.722. The summed E-state index contributed by atoms with van der Waals surface area (Å²) in [7, 11) is 3.75. The van der Waals surface area contributed by atoms with Crippen molar-refractivity contribution in [1.82, 2.24) is 24.9 Å². The number of hydrogen-bond donors (Lipinski definition) is 1. The average molecular weight is 345 g/mol. The Morgan fingerprint density at radius 1 is 1.12 bits per heavy atom. The second-order valence-corrected chi connectivity index (χ2v) is 7.72. The number of carbonyl (C=O) groups excluding carboxylic acids is 2. The third-order valence-corrected chi connectivity index (χ3v) is 5.77. The van der Waals surface area contributed by atoms with Gasteiger partial charge in [-0.2, -0.15) is 5.10 Å². The SMILES string of the molecule is CN1CCC(N2CCC(NC(=O)c3cn(C)nc3C3CC3)CC2)C1=O. The zero-order valence-corrected chi connectivity index (χ0v) is 15.1. The summed E-state index contributed by atoms with van der Waals surface area (Å²) in [5.74, 6) is 0.714. The number of aryl methyl sites for hydroxylation is 1. The summed E-state index contributed by atoms with van der Waals surface area (Å²) < 4.78 is 1.74. The van der Waals surface area contributed by atoms with E-state index in [1.165, 1.54) is 0 Å². The van der Waals surface area contributed by atoms with E-state index >= 15 is 0 Å². The van der Waals surface area contributed by atoms with E-state index in [0.717, 1.165) is 63.0 Å². The van der Waals surface area contributed by atoms with Gasteiger partial charge in [0.05, 0.1) is 17.3 Å². The molecule has 0 spiro atoms. The molecule has 25 heavy (non-hydrogen) atoms. The van der Waals surface area contributed by atoms with Crippen LogP contribution in [0.25, 0.3) is 0 Å². The van der Waals surface area contributed by atoms with E-state index in [-0.39, 0.29) is 23.9 Å². The van der Waals surface area contributed by atoms with Gasteiger partial charge < -0.3 is 10.2 Å². The lowest BCUT2D eigenvalue weighted by Gasteiger charge is -2.35. The number of amides is 2. The monoisotopic (exact) mass is 345 g/mol. The second-order valence-electron chi connectivity index (χ2n) is 7.72. The third-order valence-electron chi connectivity index (χ3n) is 5.77. The first-order valence-electron chi connectivity index (χ1n) is 9.36. The lowest BCUT2D eigenvalue weighted by atomic mass is 10.0. The maximum atomic E-state index is 12.7. The van der Waals surface area contributed by atoms with Gasteiger partial charge in [-0.15, -0.1) is 0 Å². The highest BCUT2D eigenvalue weighted by molar-refractivity contribution is 5.95. The van der Waals surface area contributed by atoms with E-state index in [2.05, 4.69) is 15.3 Å². The van der Waals surface area contributed by atoms with Gasteiger partial charge in [0, 0.05) is 51.9 Å². The van der Waals surface area contributed by atoms with Crippen molar-refractivity contribution >= 4 is 11.8 Å². The molecule has 1 aromatic rings. The van der Waals surface area contributed by atoms with Crippen LogP contribution in [0.5, 0.6) is 0 Å². The second kappa shape index (κ2) is 6.44. The van der Waals surface area contributed by atoms with Crippen molar-refractivity contribution in [2.45, 2.75) is 50.1 Å². The maximum absolute atomic E-state index is 12.7. The van der Waals surface area contributed by atoms with Crippen LogP contribution in [0.2, 0.25) is 0 Å². The molecule has 0 radical (unpaired) electrons. The summed E-state index contributed by atoms with van der Waals surface area (Å²) >= 11 is 0. The summed E-state index contributed by atoms with van der Waals surface area (Å²) in [5.41, 5.74) is 1.69. The van der Waals surface area contributed by atoms with Crippen molar-refractivity contribution in [3.63, 3.8) is 0 Å². The van der Waals surface area contributed by atoms with Crippen LogP contribution in [0.1, 0.15) is 54.1 Å². The Hall–Kier alpha value is -1.89. The molecule has 0 aromatic carbocycles. The largest absolute Gasteiger partial charge is 0.349 e. The molecule has 1 unspecified atom stereocenters. The maximum Gasteiger partial charge on any atom is 0.254 e. The fraction of sp³-hybridized carbons (Fsp3) is 0.722. The summed E-state index contributed by atoms with van der Waals surface area (Å²) in [6.45, 7) is 2.60. The van der Waals surface area contributed by atoms with E-state index < -0.39 is 0 Å². The Kier molecular flexibility index (Phi) is 4.27. The van der Waals surface area contributed by atoms with Crippen LogP contribution in [0, 0.1) is 0 Å². The van der Waals surface area contributed by atoms with Crippen molar-refractivity contribution in [2.75, 3.05) is 26.7 Å². The Labute approximate surface area is 148 Å². The molecule has 0 bridgehead atoms. The molecule has 1 saturated carbocycles. The molecule has 3 heterocycles. The highest BCUT2D eigenvalue weighted by Crippen LogP contribution is 2.40. The first-order valence-corrected chi connectivity index (χ1v) is 9.36. The number of likely N-dealkylation sites (tertiary alicyclic amines) is 2. The van der Waals surface area contributed by atoms with Gasteiger partial charge >= 0.3 is 0 Å². The van der Waals surface area contributed by atoms with Gasteiger partial charge in [0.25, 0.3) is 5.91 Å². The van der Waals surface area contributed by atoms with Crippen LogP contribution in [0.4, 0.5) is 0 Å². The molecule has 1 aromatic heterocycles. The molecule has 1 aliphatic carbocycles. The molecule has 4 rings (SSSR count). The molecule has 3 aliphatic rings. The molecule has 1 N–H and O–H groups in total. The Balaban J connectivity index is 1.33. The summed E-state index contributed by atoms with van der Waals surface area (Å²) in [6, 6.07) is 0.228. The average Bonchev–Trinajstić information content (AvgIpc) is 3.29. The number of hydrogen-bond acceptors (Lipinski definition) is 4. The van der Waals surface area contributed by atoms with Crippen LogP contribution in [-0.4, -0.2) is 70.2 Å². The molecule has 2 saturated heterocycles. The number of rotatable bonds is 4. The highest BCUT2D eigenvalue weighted by Gasteiger charge is 2.36. The minimum Gasteiger partial charge on any atom is -0.349 e. The van der Waals surface area contributed by atoms with Gasteiger partial charge in [-0.25, -0.2) is 0 Å². The first kappa shape index (κ1) is 16.6. The zero-order valence-electron chi connectivity index (χ0n) is 15.1. The zero-order chi connectivity index (χ0) is 17.6. The van der Waals surface area contributed by atoms with Gasteiger partial charge in [-0.3, -0.25) is 19.2 Å². The lowest BCUT2D eigenvalue weighted by Crippen LogP contribution is -2.50. The van der Waals surface area contributed by atoms with Crippen molar-refractivity contribution in [3.05, 3.63) is 17.5 Å². The number of carbonyl (C=O) groups is 2. The fourth-order valence-corrected chi connectivity index (χ4v) is 4.10. The summed E-state index contributed by atoms with van der Waals surface area (Å²) in [6.07, 6.45) is 6.84. The third kappa shape index (κ3) is 3.29. The number of aromatic nitrogens is 2. The summed E-state index contributed by atoms with van der Waals surface area (Å²) in [4.78, 5) is 28.9. The number of piperidine rings is 1. The number of nitrogens with zero attached hydrogens (tertiary/aromatic N) is 4. The molecule has 3 fully saturated rings. The number of likely N-dealkylation sites (N-methyl/N-ethyl adjacent to an activating group) is 1. The van der Waals surface area contributed by atoms with Crippen LogP contribution in [0.15, 0.2) is 6.20 Å². The van der Waals surface area contributed by atoms with E-state index in [9.17, 15) is 9.59 Å².